The zero-order valence-corrected chi connectivity index (χ0v) is 9.51. The second kappa shape index (κ2) is 4.85. The summed E-state index contributed by atoms with van der Waals surface area (Å²) in [6.45, 7) is 0.585. The number of hydrogen-bond acceptors (Lipinski definition) is 2. The largest absolute Gasteiger partial charge is 0.419 e. The molecule has 18 heavy (non-hydrogen) atoms. The summed E-state index contributed by atoms with van der Waals surface area (Å²) in [6, 6.07) is 2.18. The average molecular weight is 263 g/mol. The van der Waals surface area contributed by atoms with E-state index in [9.17, 15) is 17.6 Å². The number of alkyl halides is 3. The maximum atomic E-state index is 13.4. The van der Waals surface area contributed by atoms with E-state index in [2.05, 4.69) is 0 Å². The molecule has 2 rings (SSSR count). The topological polar surface area (TPSA) is 35.2 Å². The zero-order chi connectivity index (χ0) is 13.3. The van der Waals surface area contributed by atoms with Crippen LogP contribution in [0.5, 0.6) is 0 Å². The molecule has 6 heteroatoms. The maximum Gasteiger partial charge on any atom is 0.419 e. The molecule has 0 saturated carbocycles. The van der Waals surface area contributed by atoms with E-state index in [0.717, 1.165) is 25.0 Å². The summed E-state index contributed by atoms with van der Waals surface area (Å²) in [7, 11) is 0. The monoisotopic (exact) mass is 263 g/mol. The van der Waals surface area contributed by atoms with Crippen LogP contribution < -0.4 is 5.73 Å². The van der Waals surface area contributed by atoms with Crippen molar-refractivity contribution >= 4 is 0 Å². The van der Waals surface area contributed by atoms with Crippen molar-refractivity contribution in [3.05, 3.63) is 35.1 Å². The predicted molar refractivity (Wildman–Crippen MR) is 57.3 cm³/mol. The van der Waals surface area contributed by atoms with E-state index in [-0.39, 0.29) is 6.10 Å². The van der Waals surface area contributed by atoms with Gasteiger partial charge in [-0.25, -0.2) is 4.39 Å². The van der Waals surface area contributed by atoms with Gasteiger partial charge in [0.2, 0.25) is 0 Å². The van der Waals surface area contributed by atoms with Crippen molar-refractivity contribution in [2.45, 2.75) is 31.2 Å². The Morgan fingerprint density at radius 3 is 2.56 bits per heavy atom. The van der Waals surface area contributed by atoms with Gasteiger partial charge in [-0.3, -0.25) is 0 Å². The highest BCUT2D eigenvalue weighted by atomic mass is 19.4. The number of halogens is 4. The van der Waals surface area contributed by atoms with Gasteiger partial charge in [0.05, 0.1) is 17.7 Å². The Morgan fingerprint density at radius 1 is 1.33 bits per heavy atom. The lowest BCUT2D eigenvalue weighted by Gasteiger charge is -2.19. The summed E-state index contributed by atoms with van der Waals surface area (Å²) in [5.41, 5.74) is 4.91. The van der Waals surface area contributed by atoms with Crippen LogP contribution in [0.15, 0.2) is 18.2 Å². The van der Waals surface area contributed by atoms with Crippen molar-refractivity contribution < 1.29 is 22.3 Å². The van der Waals surface area contributed by atoms with Crippen LogP contribution in [0.4, 0.5) is 17.6 Å². The highest BCUT2D eigenvalue weighted by Crippen LogP contribution is 2.33. The summed E-state index contributed by atoms with van der Waals surface area (Å²) in [6.07, 6.45) is -3.33. The molecule has 1 aliphatic rings. The van der Waals surface area contributed by atoms with E-state index in [1.807, 2.05) is 0 Å². The van der Waals surface area contributed by atoms with Crippen LogP contribution in [0.2, 0.25) is 0 Å². The Hall–Kier alpha value is -1.14. The van der Waals surface area contributed by atoms with E-state index in [1.165, 1.54) is 6.07 Å². The van der Waals surface area contributed by atoms with Crippen molar-refractivity contribution in [1.82, 2.24) is 0 Å². The molecule has 1 fully saturated rings. The molecule has 1 aromatic rings. The van der Waals surface area contributed by atoms with E-state index in [0.29, 0.717) is 12.2 Å². The first kappa shape index (κ1) is 13.3. The summed E-state index contributed by atoms with van der Waals surface area (Å²) in [5, 5.41) is 0. The molecule has 0 bridgehead atoms. The first-order valence-electron chi connectivity index (χ1n) is 5.63. The van der Waals surface area contributed by atoms with Crippen LogP contribution in [0.3, 0.4) is 0 Å². The first-order chi connectivity index (χ1) is 8.39. The lowest BCUT2D eigenvalue weighted by Crippen LogP contribution is -2.25. The van der Waals surface area contributed by atoms with Crippen molar-refractivity contribution in [2.75, 3.05) is 6.61 Å². The molecule has 2 nitrogen and oxygen atoms in total. The van der Waals surface area contributed by atoms with Crippen LogP contribution in [0.25, 0.3) is 0 Å². The normalized spacial score (nSPS) is 22.2. The second-order valence-electron chi connectivity index (χ2n) is 4.31. The number of nitrogens with two attached hydrogens (primary N) is 1. The second-order valence-corrected chi connectivity index (χ2v) is 4.31. The smallest absolute Gasteiger partial charge is 0.376 e. The third-order valence-corrected chi connectivity index (χ3v) is 3.05. The summed E-state index contributed by atoms with van der Waals surface area (Å²) in [4.78, 5) is 0. The fourth-order valence-corrected chi connectivity index (χ4v) is 2.07. The van der Waals surface area contributed by atoms with Gasteiger partial charge in [0.1, 0.15) is 5.82 Å². The third-order valence-electron chi connectivity index (χ3n) is 3.05. The minimum absolute atomic E-state index is 0.249. The van der Waals surface area contributed by atoms with Crippen LogP contribution in [-0.4, -0.2) is 12.7 Å². The molecular weight excluding hydrogens is 250 g/mol. The number of ether oxygens (including phenoxy) is 1. The fraction of sp³-hybridized carbons (Fsp3) is 0.500. The molecule has 0 amide bonds. The molecule has 2 N–H and O–H groups in total. The van der Waals surface area contributed by atoms with Crippen LogP contribution >= 0.6 is 0 Å². The van der Waals surface area contributed by atoms with Crippen molar-refractivity contribution in [3.63, 3.8) is 0 Å². The van der Waals surface area contributed by atoms with Gasteiger partial charge in [0.25, 0.3) is 0 Å². The van der Waals surface area contributed by atoms with Gasteiger partial charge in [-0.2, -0.15) is 13.2 Å². The molecule has 0 radical (unpaired) electrons. The quantitative estimate of drug-likeness (QED) is 0.832. The highest BCUT2D eigenvalue weighted by molar-refractivity contribution is 5.29. The van der Waals surface area contributed by atoms with Gasteiger partial charge in [-0.15, -0.1) is 0 Å². The molecular formula is C12H13F4NO. The average Bonchev–Trinajstić information content (AvgIpc) is 2.79. The van der Waals surface area contributed by atoms with Gasteiger partial charge >= 0.3 is 6.18 Å². The van der Waals surface area contributed by atoms with E-state index >= 15 is 0 Å². The molecule has 1 aliphatic heterocycles. The SMILES string of the molecule is NC(c1ccc(C(F)(F)F)c(F)c1)C1CCCO1. The molecule has 0 spiro atoms. The third kappa shape index (κ3) is 2.64. The fourth-order valence-electron chi connectivity index (χ4n) is 2.07. The van der Waals surface area contributed by atoms with E-state index < -0.39 is 23.6 Å². The molecule has 1 heterocycles. The van der Waals surface area contributed by atoms with Gasteiger partial charge in [0, 0.05) is 6.61 Å². The number of benzene rings is 1. The predicted octanol–water partition coefficient (Wildman–Crippen LogP) is 3.02. The van der Waals surface area contributed by atoms with Gasteiger partial charge in [0.15, 0.2) is 0 Å². The first-order valence-corrected chi connectivity index (χ1v) is 5.63. The summed E-state index contributed by atoms with van der Waals surface area (Å²) in [5.74, 6) is -1.30. The Kier molecular flexibility index (Phi) is 3.59. The van der Waals surface area contributed by atoms with Crippen molar-refractivity contribution in [2.24, 2.45) is 5.73 Å². The van der Waals surface area contributed by atoms with Crippen LogP contribution in [0, 0.1) is 5.82 Å². The zero-order valence-electron chi connectivity index (χ0n) is 9.51. The molecule has 100 valence electrons. The molecule has 2 unspecified atom stereocenters. The lowest BCUT2D eigenvalue weighted by atomic mass is 9.98. The highest BCUT2D eigenvalue weighted by Gasteiger charge is 2.34. The molecule has 2 atom stereocenters. The van der Waals surface area contributed by atoms with Gasteiger partial charge < -0.3 is 10.5 Å². The molecule has 0 aliphatic carbocycles. The van der Waals surface area contributed by atoms with Gasteiger partial charge in [-0.1, -0.05) is 6.07 Å². The van der Waals surface area contributed by atoms with E-state index in [4.69, 9.17) is 10.5 Å². The standard InChI is InChI=1S/C12H13F4NO/c13-9-6-7(3-4-8(9)12(14,15)16)11(17)10-2-1-5-18-10/h3-4,6,10-11H,1-2,5,17H2. The van der Waals surface area contributed by atoms with E-state index in [1.54, 1.807) is 0 Å². The van der Waals surface area contributed by atoms with Crippen molar-refractivity contribution in [1.29, 1.82) is 0 Å². The summed E-state index contributed by atoms with van der Waals surface area (Å²) >= 11 is 0. The maximum absolute atomic E-state index is 13.4. The number of hydrogen-bond donors (Lipinski definition) is 1. The lowest BCUT2D eigenvalue weighted by molar-refractivity contribution is -0.140. The number of rotatable bonds is 2. The Balaban J connectivity index is 2.23. The molecule has 0 aromatic heterocycles. The molecule has 1 aromatic carbocycles. The summed E-state index contributed by atoms with van der Waals surface area (Å²) < 4.78 is 55.9. The molecule has 1 saturated heterocycles. The van der Waals surface area contributed by atoms with Crippen molar-refractivity contribution in [3.8, 4) is 0 Å². The Labute approximate surface area is 102 Å². The van der Waals surface area contributed by atoms with Crippen LogP contribution in [-0.2, 0) is 10.9 Å². The minimum Gasteiger partial charge on any atom is -0.376 e. The van der Waals surface area contributed by atoms with Crippen LogP contribution in [0.1, 0.15) is 30.0 Å². The Morgan fingerprint density at radius 2 is 2.06 bits per heavy atom. The van der Waals surface area contributed by atoms with Gasteiger partial charge in [-0.05, 0) is 30.5 Å². The minimum atomic E-state index is -4.68. The Bertz CT molecular complexity index is 427.